The van der Waals surface area contributed by atoms with Crippen LogP contribution in [0.15, 0.2) is 60.8 Å². The number of nitrogens with one attached hydrogen (secondary N) is 1. The standard InChI is InChI=1S/C26H27N5O2/c1-3-18-8-10-19(11-9-18)15-27-24(32)17-30-25-14-22(28-31(25)13-12-26(30)33)21-16-29(2)23-7-5-4-6-20(21)23/h4-11,14,16H,3,12-13,15,17H2,1-2H3,(H,27,32). The molecule has 5 rings (SSSR count). The van der Waals surface area contributed by atoms with Crippen molar-refractivity contribution in [1.82, 2.24) is 19.7 Å². The number of aromatic nitrogens is 3. The molecule has 0 aliphatic carbocycles. The second-order valence-electron chi connectivity index (χ2n) is 8.46. The number of aryl methyl sites for hydroxylation is 3. The SMILES string of the molecule is CCc1ccc(CNC(=O)CN2C(=O)CCn3nc(-c4cn(C)c5ccccc45)cc32)cc1. The van der Waals surface area contributed by atoms with Crippen LogP contribution in [0, 0.1) is 0 Å². The molecule has 0 bridgehead atoms. The Kier molecular flexibility index (Phi) is 5.46. The zero-order valence-corrected chi connectivity index (χ0v) is 18.9. The molecule has 0 saturated carbocycles. The Balaban J connectivity index is 1.35. The van der Waals surface area contributed by atoms with Crippen molar-refractivity contribution in [3.63, 3.8) is 0 Å². The number of hydrogen-bond acceptors (Lipinski definition) is 3. The minimum atomic E-state index is -0.190. The van der Waals surface area contributed by atoms with E-state index in [9.17, 15) is 9.59 Å². The summed E-state index contributed by atoms with van der Waals surface area (Å²) in [6.07, 6.45) is 3.37. The van der Waals surface area contributed by atoms with E-state index in [4.69, 9.17) is 5.10 Å². The highest BCUT2D eigenvalue weighted by Gasteiger charge is 2.28. The van der Waals surface area contributed by atoms with Crippen LogP contribution in [0.25, 0.3) is 22.2 Å². The highest BCUT2D eigenvalue weighted by Crippen LogP contribution is 2.33. The van der Waals surface area contributed by atoms with E-state index < -0.39 is 0 Å². The Morgan fingerprint density at radius 3 is 2.64 bits per heavy atom. The largest absolute Gasteiger partial charge is 0.350 e. The number of fused-ring (bicyclic) bond motifs is 2. The summed E-state index contributed by atoms with van der Waals surface area (Å²) < 4.78 is 3.90. The maximum atomic E-state index is 12.7. The first-order chi connectivity index (χ1) is 16.0. The molecule has 7 heteroatoms. The molecule has 0 fully saturated rings. The second-order valence-corrected chi connectivity index (χ2v) is 8.46. The van der Waals surface area contributed by atoms with Crippen LogP contribution < -0.4 is 10.2 Å². The third kappa shape index (κ3) is 4.02. The van der Waals surface area contributed by atoms with Gasteiger partial charge >= 0.3 is 0 Å². The summed E-state index contributed by atoms with van der Waals surface area (Å²) in [4.78, 5) is 26.9. The van der Waals surface area contributed by atoms with E-state index >= 15 is 0 Å². The first-order valence-electron chi connectivity index (χ1n) is 11.3. The van der Waals surface area contributed by atoms with Crippen LogP contribution in [0.4, 0.5) is 5.82 Å². The number of para-hydroxylation sites is 1. The van der Waals surface area contributed by atoms with Crippen molar-refractivity contribution >= 4 is 28.5 Å². The third-order valence-corrected chi connectivity index (χ3v) is 6.27. The molecule has 2 aromatic heterocycles. The van der Waals surface area contributed by atoms with Gasteiger partial charge in [-0.3, -0.25) is 14.5 Å². The summed E-state index contributed by atoms with van der Waals surface area (Å²) in [6.45, 7) is 3.04. The maximum absolute atomic E-state index is 12.7. The number of hydrogen-bond donors (Lipinski definition) is 1. The molecule has 0 spiro atoms. The van der Waals surface area contributed by atoms with E-state index in [2.05, 4.69) is 47.3 Å². The number of rotatable bonds is 6. The Hall–Kier alpha value is -3.87. The van der Waals surface area contributed by atoms with Crippen LogP contribution in [0.2, 0.25) is 0 Å². The first kappa shape index (κ1) is 21.0. The fourth-order valence-electron chi connectivity index (χ4n) is 4.39. The third-order valence-electron chi connectivity index (χ3n) is 6.27. The van der Waals surface area contributed by atoms with Gasteiger partial charge in [-0.25, -0.2) is 4.68 Å². The number of carbonyl (C=O) groups excluding carboxylic acids is 2. The molecule has 1 N–H and O–H groups in total. The average Bonchev–Trinajstić information content (AvgIpc) is 3.41. The van der Waals surface area contributed by atoms with E-state index in [1.807, 2.05) is 42.1 Å². The summed E-state index contributed by atoms with van der Waals surface area (Å²) >= 11 is 0. The van der Waals surface area contributed by atoms with Gasteiger partial charge in [0.2, 0.25) is 11.8 Å². The summed E-state index contributed by atoms with van der Waals surface area (Å²) in [5.74, 6) is 0.412. The number of benzene rings is 2. The van der Waals surface area contributed by atoms with Crippen LogP contribution in [0.5, 0.6) is 0 Å². The molecule has 7 nitrogen and oxygen atoms in total. The van der Waals surface area contributed by atoms with Gasteiger partial charge in [0.25, 0.3) is 0 Å². The van der Waals surface area contributed by atoms with Crippen LogP contribution in [-0.2, 0) is 36.1 Å². The van der Waals surface area contributed by atoms with Gasteiger partial charge in [-0.1, -0.05) is 49.4 Å². The van der Waals surface area contributed by atoms with Crippen molar-refractivity contribution in [2.75, 3.05) is 11.4 Å². The molecule has 2 aromatic carbocycles. The monoisotopic (exact) mass is 441 g/mol. The quantitative estimate of drug-likeness (QED) is 0.496. The molecular weight excluding hydrogens is 414 g/mol. The average molecular weight is 442 g/mol. The zero-order valence-electron chi connectivity index (χ0n) is 18.9. The number of nitrogens with zero attached hydrogens (tertiary/aromatic N) is 4. The topological polar surface area (TPSA) is 72.2 Å². The van der Waals surface area contributed by atoms with Gasteiger partial charge in [0.1, 0.15) is 12.4 Å². The smallest absolute Gasteiger partial charge is 0.240 e. The van der Waals surface area contributed by atoms with Crippen LogP contribution in [0.1, 0.15) is 24.5 Å². The van der Waals surface area contributed by atoms with Gasteiger partial charge in [-0.15, -0.1) is 0 Å². The molecule has 0 atom stereocenters. The minimum absolute atomic E-state index is 0.0213. The summed E-state index contributed by atoms with van der Waals surface area (Å²) in [6, 6.07) is 18.3. The van der Waals surface area contributed by atoms with Gasteiger partial charge in [0, 0.05) is 48.7 Å². The summed E-state index contributed by atoms with van der Waals surface area (Å²) in [7, 11) is 2.01. The Labute approximate surface area is 192 Å². The van der Waals surface area contributed by atoms with Gasteiger partial charge in [-0.2, -0.15) is 5.10 Å². The minimum Gasteiger partial charge on any atom is -0.350 e. The van der Waals surface area contributed by atoms with Crippen LogP contribution in [-0.4, -0.2) is 32.7 Å². The van der Waals surface area contributed by atoms with E-state index in [1.165, 1.54) is 5.56 Å². The highest BCUT2D eigenvalue weighted by molar-refractivity contribution is 6.00. The van der Waals surface area contributed by atoms with Crippen molar-refractivity contribution in [1.29, 1.82) is 0 Å². The lowest BCUT2D eigenvalue weighted by molar-refractivity contribution is -0.124. The van der Waals surface area contributed by atoms with E-state index in [0.29, 0.717) is 25.3 Å². The van der Waals surface area contributed by atoms with Gasteiger partial charge < -0.3 is 9.88 Å². The molecule has 0 saturated heterocycles. The summed E-state index contributed by atoms with van der Waals surface area (Å²) in [5.41, 5.74) is 5.24. The predicted molar refractivity (Wildman–Crippen MR) is 129 cm³/mol. The van der Waals surface area contributed by atoms with Crippen molar-refractivity contribution in [2.45, 2.75) is 32.9 Å². The van der Waals surface area contributed by atoms with Crippen LogP contribution >= 0.6 is 0 Å². The Morgan fingerprint density at radius 2 is 1.85 bits per heavy atom. The lowest BCUT2D eigenvalue weighted by Gasteiger charge is -2.26. The first-order valence-corrected chi connectivity index (χ1v) is 11.3. The highest BCUT2D eigenvalue weighted by atomic mass is 16.2. The van der Waals surface area contributed by atoms with Crippen molar-refractivity contribution < 1.29 is 9.59 Å². The van der Waals surface area contributed by atoms with E-state index in [1.54, 1.807) is 4.90 Å². The van der Waals surface area contributed by atoms with Crippen molar-refractivity contribution in [3.8, 4) is 11.3 Å². The molecule has 2 amide bonds. The molecular formula is C26H27N5O2. The van der Waals surface area contributed by atoms with Gasteiger partial charge in [0.05, 0.1) is 12.2 Å². The normalized spacial score (nSPS) is 13.4. The molecule has 1 aliphatic heterocycles. The predicted octanol–water partition coefficient (Wildman–Crippen LogP) is 3.66. The fraction of sp³-hybridized carbons (Fsp3) is 0.269. The molecule has 33 heavy (non-hydrogen) atoms. The lowest BCUT2D eigenvalue weighted by atomic mass is 10.1. The molecule has 0 radical (unpaired) electrons. The number of amides is 2. The Morgan fingerprint density at radius 1 is 1.09 bits per heavy atom. The van der Waals surface area contributed by atoms with Crippen LogP contribution in [0.3, 0.4) is 0 Å². The number of carbonyl (C=O) groups is 2. The summed E-state index contributed by atoms with van der Waals surface area (Å²) in [5, 5.41) is 8.81. The van der Waals surface area contributed by atoms with Crippen molar-refractivity contribution in [2.24, 2.45) is 7.05 Å². The molecule has 3 heterocycles. The lowest BCUT2D eigenvalue weighted by Crippen LogP contribution is -2.44. The molecule has 4 aromatic rings. The van der Waals surface area contributed by atoms with E-state index in [-0.39, 0.29) is 18.4 Å². The number of anilines is 1. The molecule has 1 aliphatic rings. The van der Waals surface area contributed by atoms with Gasteiger partial charge in [0.15, 0.2) is 0 Å². The fourth-order valence-corrected chi connectivity index (χ4v) is 4.39. The van der Waals surface area contributed by atoms with E-state index in [0.717, 1.165) is 34.1 Å². The van der Waals surface area contributed by atoms with Crippen molar-refractivity contribution in [3.05, 3.63) is 71.9 Å². The zero-order chi connectivity index (χ0) is 22.9. The molecule has 168 valence electrons. The van der Waals surface area contributed by atoms with Gasteiger partial charge in [-0.05, 0) is 23.6 Å². The molecule has 0 unspecified atom stereocenters. The maximum Gasteiger partial charge on any atom is 0.240 e. The second kappa shape index (κ2) is 8.58. The Bertz CT molecular complexity index is 1330.